The normalized spacial score (nSPS) is 11.3. The van der Waals surface area contributed by atoms with Gasteiger partial charge in [0.25, 0.3) is 0 Å². The minimum absolute atomic E-state index is 0.0944. The Morgan fingerprint density at radius 2 is 2.06 bits per heavy atom. The van der Waals surface area contributed by atoms with Gasteiger partial charge in [-0.05, 0) is 23.8 Å². The number of phenolic OH excluding ortho intramolecular Hbond substituents is 1. The van der Waals surface area contributed by atoms with Gasteiger partial charge in [0.1, 0.15) is 5.75 Å². The second kappa shape index (κ2) is 5.07. The summed E-state index contributed by atoms with van der Waals surface area (Å²) < 4.78 is 42.3. The largest absolute Gasteiger partial charge is 0.508 e. The molecular weight excluding hydrogens is 237 g/mol. The van der Waals surface area contributed by atoms with Crippen LogP contribution in [-0.2, 0) is 22.1 Å². The first-order valence-corrected chi connectivity index (χ1v) is 4.83. The van der Waals surface area contributed by atoms with Crippen molar-refractivity contribution in [3.05, 3.63) is 29.3 Å². The molecule has 3 nitrogen and oxygen atoms in total. The maximum Gasteiger partial charge on any atom is 0.416 e. The summed E-state index contributed by atoms with van der Waals surface area (Å²) in [6, 6.07) is 2.79. The third kappa shape index (κ3) is 3.97. The standard InChI is InChI=1S/C11H11F3O3/c1-7(15)17-5-4-8-6-9(16)2-3-10(8)11(12,13)14/h2-3,6,16H,4-5H2,1H3. The van der Waals surface area contributed by atoms with E-state index >= 15 is 0 Å². The summed E-state index contributed by atoms with van der Waals surface area (Å²) in [6.45, 7) is 1.02. The van der Waals surface area contributed by atoms with E-state index in [4.69, 9.17) is 5.11 Å². The number of carbonyl (C=O) groups excluding carboxylic acids is 1. The third-order valence-electron chi connectivity index (χ3n) is 2.07. The average molecular weight is 248 g/mol. The van der Waals surface area contributed by atoms with Gasteiger partial charge in [0.2, 0.25) is 0 Å². The van der Waals surface area contributed by atoms with Gasteiger partial charge in [0, 0.05) is 13.3 Å². The van der Waals surface area contributed by atoms with Crippen LogP contribution in [0.4, 0.5) is 13.2 Å². The van der Waals surface area contributed by atoms with Gasteiger partial charge in [-0.25, -0.2) is 0 Å². The fraction of sp³-hybridized carbons (Fsp3) is 0.364. The summed E-state index contributed by atoms with van der Waals surface area (Å²) in [7, 11) is 0. The Hall–Kier alpha value is -1.72. The van der Waals surface area contributed by atoms with Crippen LogP contribution in [0.2, 0.25) is 0 Å². The number of rotatable bonds is 3. The SMILES string of the molecule is CC(=O)OCCc1cc(O)ccc1C(F)(F)F. The molecule has 0 unspecified atom stereocenters. The van der Waals surface area contributed by atoms with Crippen LogP contribution in [0.5, 0.6) is 5.75 Å². The first-order valence-electron chi connectivity index (χ1n) is 4.83. The maximum absolute atomic E-state index is 12.6. The minimum atomic E-state index is -4.49. The lowest BCUT2D eigenvalue weighted by Crippen LogP contribution is -2.11. The van der Waals surface area contributed by atoms with Gasteiger partial charge in [-0.2, -0.15) is 13.2 Å². The van der Waals surface area contributed by atoms with Gasteiger partial charge >= 0.3 is 12.1 Å². The number of benzene rings is 1. The van der Waals surface area contributed by atoms with Crippen molar-refractivity contribution in [3.63, 3.8) is 0 Å². The van der Waals surface area contributed by atoms with E-state index in [-0.39, 0.29) is 24.3 Å². The van der Waals surface area contributed by atoms with Crippen molar-refractivity contribution in [2.45, 2.75) is 19.5 Å². The molecule has 0 amide bonds. The first-order chi connectivity index (χ1) is 7.80. The molecule has 17 heavy (non-hydrogen) atoms. The fourth-order valence-electron chi connectivity index (χ4n) is 1.37. The Balaban J connectivity index is 2.88. The number of ether oxygens (including phenoxy) is 1. The zero-order valence-electron chi connectivity index (χ0n) is 9.04. The van der Waals surface area contributed by atoms with Crippen molar-refractivity contribution in [1.29, 1.82) is 0 Å². The molecule has 0 aliphatic carbocycles. The molecule has 0 aromatic heterocycles. The van der Waals surface area contributed by atoms with Gasteiger partial charge in [0.05, 0.1) is 12.2 Å². The van der Waals surface area contributed by atoms with Crippen LogP contribution in [0.25, 0.3) is 0 Å². The lowest BCUT2D eigenvalue weighted by Gasteiger charge is -2.13. The van der Waals surface area contributed by atoms with Crippen LogP contribution < -0.4 is 0 Å². The van der Waals surface area contributed by atoms with E-state index in [0.29, 0.717) is 0 Å². The van der Waals surface area contributed by atoms with Crippen LogP contribution in [0, 0.1) is 0 Å². The Morgan fingerprint density at radius 1 is 1.41 bits per heavy atom. The van der Waals surface area contributed by atoms with Crippen LogP contribution in [0.1, 0.15) is 18.1 Å². The van der Waals surface area contributed by atoms with E-state index < -0.39 is 17.7 Å². The lowest BCUT2D eigenvalue weighted by molar-refractivity contribution is -0.141. The smallest absolute Gasteiger partial charge is 0.416 e. The molecule has 0 saturated carbocycles. The molecule has 0 saturated heterocycles. The van der Waals surface area contributed by atoms with Crippen LogP contribution >= 0.6 is 0 Å². The van der Waals surface area contributed by atoms with Crippen molar-refractivity contribution in [3.8, 4) is 5.75 Å². The zero-order valence-corrected chi connectivity index (χ0v) is 9.04. The predicted molar refractivity (Wildman–Crippen MR) is 53.4 cm³/mol. The van der Waals surface area contributed by atoms with Crippen LogP contribution in [0.3, 0.4) is 0 Å². The number of esters is 1. The van der Waals surface area contributed by atoms with E-state index in [9.17, 15) is 18.0 Å². The molecular formula is C11H11F3O3. The second-order valence-corrected chi connectivity index (χ2v) is 3.43. The molecule has 0 spiro atoms. The highest BCUT2D eigenvalue weighted by Gasteiger charge is 2.33. The third-order valence-corrected chi connectivity index (χ3v) is 2.07. The molecule has 1 aromatic rings. The van der Waals surface area contributed by atoms with E-state index in [1.807, 2.05) is 0 Å². The lowest BCUT2D eigenvalue weighted by atomic mass is 10.0. The molecule has 0 fully saturated rings. The Kier molecular flexibility index (Phi) is 3.98. The Morgan fingerprint density at radius 3 is 2.59 bits per heavy atom. The van der Waals surface area contributed by atoms with E-state index in [1.165, 1.54) is 6.92 Å². The minimum Gasteiger partial charge on any atom is -0.508 e. The predicted octanol–water partition coefficient (Wildman–Crippen LogP) is 2.52. The Labute approximate surface area is 95.8 Å². The number of phenols is 1. The monoisotopic (exact) mass is 248 g/mol. The molecule has 1 aromatic carbocycles. The van der Waals surface area contributed by atoms with Gasteiger partial charge in [-0.15, -0.1) is 0 Å². The molecule has 1 N–H and O–H groups in total. The molecule has 1 rings (SSSR count). The summed E-state index contributed by atoms with van der Waals surface area (Å²) in [5.74, 6) is -0.811. The first kappa shape index (κ1) is 13.3. The van der Waals surface area contributed by atoms with Crippen LogP contribution in [-0.4, -0.2) is 17.7 Å². The molecule has 0 heterocycles. The maximum atomic E-state index is 12.6. The highest BCUT2D eigenvalue weighted by Crippen LogP contribution is 2.33. The second-order valence-electron chi connectivity index (χ2n) is 3.43. The van der Waals surface area contributed by atoms with E-state index in [1.54, 1.807) is 0 Å². The number of alkyl halides is 3. The zero-order chi connectivity index (χ0) is 13.1. The molecule has 0 aliphatic rings. The van der Waals surface area contributed by atoms with Gasteiger partial charge in [-0.1, -0.05) is 0 Å². The van der Waals surface area contributed by atoms with E-state index in [0.717, 1.165) is 18.2 Å². The number of hydrogen-bond donors (Lipinski definition) is 1. The summed E-state index contributed by atoms with van der Waals surface area (Å²) >= 11 is 0. The number of carbonyl (C=O) groups is 1. The highest BCUT2D eigenvalue weighted by atomic mass is 19.4. The van der Waals surface area contributed by atoms with Crippen molar-refractivity contribution >= 4 is 5.97 Å². The topological polar surface area (TPSA) is 46.5 Å². The molecule has 0 atom stereocenters. The fourth-order valence-corrected chi connectivity index (χ4v) is 1.37. The van der Waals surface area contributed by atoms with Gasteiger partial charge in [0.15, 0.2) is 0 Å². The van der Waals surface area contributed by atoms with Crippen molar-refractivity contribution in [1.82, 2.24) is 0 Å². The Bertz CT molecular complexity index is 413. The van der Waals surface area contributed by atoms with Crippen molar-refractivity contribution in [2.75, 3.05) is 6.61 Å². The average Bonchev–Trinajstić information content (AvgIpc) is 2.15. The van der Waals surface area contributed by atoms with Gasteiger partial charge < -0.3 is 9.84 Å². The summed E-state index contributed by atoms with van der Waals surface area (Å²) in [5, 5.41) is 9.14. The quantitative estimate of drug-likeness (QED) is 0.836. The number of aromatic hydroxyl groups is 1. The van der Waals surface area contributed by atoms with Crippen molar-refractivity contribution < 1.29 is 27.8 Å². The van der Waals surface area contributed by atoms with E-state index in [2.05, 4.69) is 4.74 Å². The summed E-state index contributed by atoms with van der Waals surface area (Å²) in [5.41, 5.74) is -0.929. The summed E-state index contributed by atoms with van der Waals surface area (Å²) in [6.07, 6.45) is -4.58. The molecule has 0 radical (unpaired) electrons. The summed E-state index contributed by atoms with van der Waals surface area (Å²) in [4.78, 5) is 10.5. The van der Waals surface area contributed by atoms with Gasteiger partial charge in [-0.3, -0.25) is 4.79 Å². The molecule has 6 heteroatoms. The number of hydrogen-bond acceptors (Lipinski definition) is 3. The molecule has 0 aliphatic heterocycles. The highest BCUT2D eigenvalue weighted by molar-refractivity contribution is 5.65. The molecule has 0 bridgehead atoms. The van der Waals surface area contributed by atoms with Crippen molar-refractivity contribution in [2.24, 2.45) is 0 Å². The molecule has 94 valence electrons. The van der Waals surface area contributed by atoms with Crippen LogP contribution in [0.15, 0.2) is 18.2 Å². The number of halogens is 3.